The van der Waals surface area contributed by atoms with E-state index in [4.69, 9.17) is 0 Å². The molecular formula is C10H10Br2. The summed E-state index contributed by atoms with van der Waals surface area (Å²) < 4.78 is 2.56. The lowest BCUT2D eigenvalue weighted by Crippen LogP contribution is -2.03. The van der Waals surface area contributed by atoms with Crippen molar-refractivity contribution in [2.24, 2.45) is 0 Å². The quantitative estimate of drug-likeness (QED) is 0.675. The maximum absolute atomic E-state index is 3.60. The van der Waals surface area contributed by atoms with Crippen LogP contribution in [0.1, 0.15) is 24.0 Å². The predicted octanol–water partition coefficient (Wildman–Crippen LogP) is 4.09. The molecule has 1 aliphatic carbocycles. The van der Waals surface area contributed by atoms with E-state index in [0.717, 1.165) is 0 Å². The van der Waals surface area contributed by atoms with Crippen molar-refractivity contribution in [1.29, 1.82) is 0 Å². The molecule has 0 bridgehead atoms. The lowest BCUT2D eigenvalue weighted by atomic mass is 9.92. The van der Waals surface area contributed by atoms with E-state index in [1.807, 2.05) is 0 Å². The molecule has 0 amide bonds. The van der Waals surface area contributed by atoms with E-state index in [0.29, 0.717) is 0 Å². The highest BCUT2D eigenvalue weighted by atomic mass is 79.9. The van der Waals surface area contributed by atoms with Gasteiger partial charge in [0.15, 0.2) is 0 Å². The van der Waals surface area contributed by atoms with E-state index < -0.39 is 0 Å². The minimum atomic E-state index is 1.23. The van der Waals surface area contributed by atoms with Crippen LogP contribution in [0.5, 0.6) is 0 Å². The summed E-state index contributed by atoms with van der Waals surface area (Å²) in [6, 6.07) is 4.27. The normalized spacial score (nSPS) is 15.8. The lowest BCUT2D eigenvalue weighted by Gasteiger charge is -2.18. The monoisotopic (exact) mass is 288 g/mol. The third kappa shape index (κ3) is 1.47. The summed E-state index contributed by atoms with van der Waals surface area (Å²) in [5, 5.41) is 0. The van der Waals surface area contributed by atoms with Gasteiger partial charge in [0.1, 0.15) is 0 Å². The average Bonchev–Trinajstić information content (AvgIpc) is 2.12. The molecule has 0 spiro atoms. The first-order chi connectivity index (χ1) is 5.79. The number of benzene rings is 1. The van der Waals surface area contributed by atoms with E-state index >= 15 is 0 Å². The van der Waals surface area contributed by atoms with Crippen molar-refractivity contribution in [2.75, 3.05) is 0 Å². The Morgan fingerprint density at radius 3 is 1.67 bits per heavy atom. The number of rotatable bonds is 0. The number of fused-ring (bicyclic) bond motifs is 1. The number of hydrogen-bond acceptors (Lipinski definition) is 0. The fourth-order valence-electron chi connectivity index (χ4n) is 1.78. The fourth-order valence-corrected chi connectivity index (χ4v) is 2.92. The van der Waals surface area contributed by atoms with Gasteiger partial charge in [-0.3, -0.25) is 0 Å². The zero-order chi connectivity index (χ0) is 8.55. The van der Waals surface area contributed by atoms with Gasteiger partial charge in [-0.25, -0.2) is 0 Å². The van der Waals surface area contributed by atoms with Crippen molar-refractivity contribution in [3.8, 4) is 0 Å². The standard InChI is InChI=1S/C10H10Br2/c11-9-5-6-10(12)8-4-2-1-3-7(8)9/h5-6H,1-4H2. The van der Waals surface area contributed by atoms with Gasteiger partial charge in [-0.1, -0.05) is 31.9 Å². The van der Waals surface area contributed by atoms with Crippen LogP contribution in [0.4, 0.5) is 0 Å². The van der Waals surface area contributed by atoms with E-state index in [-0.39, 0.29) is 0 Å². The first kappa shape index (κ1) is 8.76. The van der Waals surface area contributed by atoms with Crippen LogP contribution in [0.25, 0.3) is 0 Å². The number of halogens is 2. The largest absolute Gasteiger partial charge is 0.0505 e. The molecule has 0 aliphatic heterocycles. The van der Waals surface area contributed by atoms with Gasteiger partial charge in [-0.15, -0.1) is 0 Å². The van der Waals surface area contributed by atoms with Crippen LogP contribution in [0.3, 0.4) is 0 Å². The molecule has 1 aliphatic rings. The summed E-state index contributed by atoms with van der Waals surface area (Å²) in [5.74, 6) is 0. The van der Waals surface area contributed by atoms with Crippen LogP contribution in [0, 0.1) is 0 Å². The van der Waals surface area contributed by atoms with Gasteiger partial charge >= 0.3 is 0 Å². The van der Waals surface area contributed by atoms with Gasteiger partial charge in [0.2, 0.25) is 0 Å². The fraction of sp³-hybridized carbons (Fsp3) is 0.400. The average molecular weight is 290 g/mol. The summed E-state index contributed by atoms with van der Waals surface area (Å²) in [5.41, 5.74) is 3.02. The summed E-state index contributed by atoms with van der Waals surface area (Å²) in [4.78, 5) is 0. The SMILES string of the molecule is Brc1ccc(Br)c2c1CCCC2. The molecule has 1 aromatic carbocycles. The van der Waals surface area contributed by atoms with Crippen molar-refractivity contribution >= 4 is 31.9 Å². The Morgan fingerprint density at radius 1 is 0.833 bits per heavy atom. The molecule has 1 aromatic rings. The van der Waals surface area contributed by atoms with Crippen LogP contribution in [-0.2, 0) is 12.8 Å². The second kappa shape index (κ2) is 3.51. The molecule has 0 aromatic heterocycles. The predicted molar refractivity (Wildman–Crippen MR) is 58.5 cm³/mol. The Hall–Kier alpha value is 0.180. The van der Waals surface area contributed by atoms with Crippen LogP contribution >= 0.6 is 31.9 Å². The van der Waals surface area contributed by atoms with E-state index in [9.17, 15) is 0 Å². The smallest absolute Gasteiger partial charge is 0.0210 e. The topological polar surface area (TPSA) is 0 Å². The molecule has 2 rings (SSSR count). The van der Waals surface area contributed by atoms with Crippen LogP contribution < -0.4 is 0 Å². The molecule has 0 N–H and O–H groups in total. The molecule has 0 atom stereocenters. The Balaban J connectivity index is 2.57. The molecule has 0 heterocycles. The molecule has 0 saturated heterocycles. The molecule has 64 valence electrons. The third-order valence-corrected chi connectivity index (χ3v) is 3.91. The van der Waals surface area contributed by atoms with Gasteiger partial charge in [0, 0.05) is 8.95 Å². The molecule has 0 saturated carbocycles. The van der Waals surface area contributed by atoms with Crippen molar-refractivity contribution in [1.82, 2.24) is 0 Å². The van der Waals surface area contributed by atoms with E-state index in [2.05, 4.69) is 44.0 Å². The molecule has 12 heavy (non-hydrogen) atoms. The van der Waals surface area contributed by atoms with Crippen LogP contribution in [0.15, 0.2) is 21.1 Å². The van der Waals surface area contributed by atoms with Crippen molar-refractivity contribution in [3.05, 3.63) is 32.2 Å². The Labute approximate surface area is 89.6 Å². The highest BCUT2D eigenvalue weighted by Gasteiger charge is 2.14. The zero-order valence-corrected chi connectivity index (χ0v) is 9.91. The minimum Gasteiger partial charge on any atom is -0.0505 e. The van der Waals surface area contributed by atoms with Crippen molar-refractivity contribution < 1.29 is 0 Å². The summed E-state index contributed by atoms with van der Waals surface area (Å²) >= 11 is 7.19. The van der Waals surface area contributed by atoms with Gasteiger partial charge < -0.3 is 0 Å². The highest BCUT2D eigenvalue weighted by molar-refractivity contribution is 9.11. The van der Waals surface area contributed by atoms with Gasteiger partial charge in [-0.05, 0) is 48.9 Å². The van der Waals surface area contributed by atoms with Crippen molar-refractivity contribution in [2.45, 2.75) is 25.7 Å². The van der Waals surface area contributed by atoms with E-state index in [1.54, 1.807) is 0 Å². The second-order valence-corrected chi connectivity index (χ2v) is 4.90. The summed E-state index contributed by atoms with van der Waals surface area (Å²) in [6.45, 7) is 0. The number of hydrogen-bond donors (Lipinski definition) is 0. The molecule has 0 fully saturated rings. The van der Waals surface area contributed by atoms with Crippen LogP contribution in [0.2, 0.25) is 0 Å². The zero-order valence-electron chi connectivity index (χ0n) is 6.74. The molecule has 0 nitrogen and oxygen atoms in total. The maximum atomic E-state index is 3.60. The Bertz CT molecular complexity index is 274. The van der Waals surface area contributed by atoms with Gasteiger partial charge in [-0.2, -0.15) is 0 Å². The second-order valence-electron chi connectivity index (χ2n) is 3.19. The van der Waals surface area contributed by atoms with Gasteiger partial charge in [0.25, 0.3) is 0 Å². The Kier molecular flexibility index (Phi) is 2.56. The molecule has 2 heteroatoms. The molecule has 0 radical (unpaired) electrons. The minimum absolute atomic E-state index is 1.23. The maximum Gasteiger partial charge on any atom is 0.0210 e. The summed E-state index contributed by atoms with van der Waals surface area (Å²) in [7, 11) is 0. The third-order valence-electron chi connectivity index (χ3n) is 2.42. The van der Waals surface area contributed by atoms with Crippen molar-refractivity contribution in [3.63, 3.8) is 0 Å². The van der Waals surface area contributed by atoms with Gasteiger partial charge in [0.05, 0.1) is 0 Å². The highest BCUT2D eigenvalue weighted by Crippen LogP contribution is 2.33. The Morgan fingerprint density at radius 2 is 1.25 bits per heavy atom. The van der Waals surface area contributed by atoms with E-state index in [1.165, 1.54) is 45.8 Å². The first-order valence-electron chi connectivity index (χ1n) is 4.25. The molecule has 0 unspecified atom stereocenters. The molecular weight excluding hydrogens is 280 g/mol. The summed E-state index contributed by atoms with van der Waals surface area (Å²) in [6.07, 6.45) is 5.13. The van der Waals surface area contributed by atoms with Crippen LogP contribution in [-0.4, -0.2) is 0 Å². The first-order valence-corrected chi connectivity index (χ1v) is 5.83. The lowest BCUT2D eigenvalue weighted by molar-refractivity contribution is 0.680.